The molecule has 1 radical (unpaired) electrons. The van der Waals surface area contributed by atoms with Gasteiger partial charge in [0.05, 0.1) is 0 Å². The van der Waals surface area contributed by atoms with Crippen LogP contribution in [-0.4, -0.2) is 32.9 Å². The molecule has 0 spiro atoms. The molecule has 0 bridgehead atoms. The van der Waals surface area contributed by atoms with Gasteiger partial charge in [-0.25, -0.2) is 0 Å². The zero-order chi connectivity index (χ0) is 0. The summed E-state index contributed by atoms with van der Waals surface area (Å²) >= 11 is 0. The number of rotatable bonds is 0. The molecule has 0 unspecified atom stereocenters. The van der Waals surface area contributed by atoms with E-state index in [0.717, 1.165) is 0 Å². The molecular formula is H13BrCoO6. The largest absolute Gasteiger partial charge is 0.412 e. The zero-order valence-corrected chi connectivity index (χ0v) is 6.50. The third kappa shape index (κ3) is 400. The molecule has 0 aliphatic heterocycles. The van der Waals surface area contributed by atoms with Crippen molar-refractivity contribution in [1.82, 2.24) is 0 Å². The van der Waals surface area contributed by atoms with Gasteiger partial charge in [-0.05, 0) is 0 Å². The van der Waals surface area contributed by atoms with Gasteiger partial charge in [0.15, 0.2) is 0 Å². The minimum absolute atomic E-state index is 0. The van der Waals surface area contributed by atoms with Crippen LogP contribution in [0.15, 0.2) is 0 Å². The summed E-state index contributed by atoms with van der Waals surface area (Å²) in [5.41, 5.74) is 0. The monoisotopic (exact) mass is 247 g/mol. The second-order valence-corrected chi connectivity index (χ2v) is 0. The Bertz CT molecular complexity index is 8.49. The van der Waals surface area contributed by atoms with E-state index in [0.29, 0.717) is 0 Å². The molecule has 8 heteroatoms. The van der Waals surface area contributed by atoms with Crippen LogP contribution in [0.25, 0.3) is 0 Å². The van der Waals surface area contributed by atoms with Crippen LogP contribution in [-0.2, 0) is 16.8 Å². The summed E-state index contributed by atoms with van der Waals surface area (Å²) < 4.78 is 0. The van der Waals surface area contributed by atoms with Gasteiger partial charge in [-0.15, -0.1) is 17.0 Å². The molecule has 0 amide bonds. The zero-order valence-electron chi connectivity index (χ0n) is 3.74. The van der Waals surface area contributed by atoms with E-state index in [1.807, 2.05) is 0 Å². The van der Waals surface area contributed by atoms with Crippen molar-refractivity contribution in [3.8, 4) is 0 Å². The fourth-order valence-corrected chi connectivity index (χ4v) is 0. The first kappa shape index (κ1) is 942. The molecule has 0 aliphatic rings. The number of hydrogen-bond donors (Lipinski definition) is 0. The minimum atomic E-state index is 0. The maximum Gasteiger partial charge on any atom is 0 e. The van der Waals surface area contributed by atoms with Gasteiger partial charge < -0.3 is 32.9 Å². The Balaban J connectivity index is 0. The molecule has 0 aromatic carbocycles. The van der Waals surface area contributed by atoms with Gasteiger partial charge in [0.1, 0.15) is 0 Å². The Labute approximate surface area is 67.1 Å². The summed E-state index contributed by atoms with van der Waals surface area (Å²) in [7, 11) is 0. The van der Waals surface area contributed by atoms with Crippen LogP contribution in [0.4, 0.5) is 0 Å². The van der Waals surface area contributed by atoms with Crippen LogP contribution in [0.1, 0.15) is 0 Å². The van der Waals surface area contributed by atoms with Crippen molar-refractivity contribution in [2.24, 2.45) is 0 Å². The molecule has 0 heterocycles. The van der Waals surface area contributed by atoms with E-state index in [4.69, 9.17) is 0 Å². The Morgan fingerprint density at radius 2 is 0.375 bits per heavy atom. The SMILES string of the molecule is Br.O.O.O.O.O.O.[Co]. The summed E-state index contributed by atoms with van der Waals surface area (Å²) in [6.45, 7) is 0. The van der Waals surface area contributed by atoms with Crippen molar-refractivity contribution in [3.05, 3.63) is 0 Å². The summed E-state index contributed by atoms with van der Waals surface area (Å²) in [6, 6.07) is 0. The fraction of sp³-hybridized carbons (Fsp3) is 0. The molecule has 0 atom stereocenters. The third-order valence-electron chi connectivity index (χ3n) is 0. The average molecular weight is 248 g/mol. The van der Waals surface area contributed by atoms with E-state index >= 15 is 0 Å². The predicted octanol–water partition coefficient (Wildman–Crippen LogP) is -4.37. The molecule has 12 N–H and O–H groups in total. The Morgan fingerprint density at radius 3 is 0.375 bits per heavy atom. The fourth-order valence-electron chi connectivity index (χ4n) is 0. The molecule has 6 nitrogen and oxygen atoms in total. The van der Waals surface area contributed by atoms with Crippen LogP contribution in [0.3, 0.4) is 0 Å². The van der Waals surface area contributed by atoms with Gasteiger partial charge in [0.2, 0.25) is 0 Å². The van der Waals surface area contributed by atoms with Crippen molar-refractivity contribution in [2.75, 3.05) is 0 Å². The molecule has 65 valence electrons. The smallest absolute Gasteiger partial charge is 0 e. The standard InChI is InChI=1S/BrH.Co.6H2O/h1H;;6*1H2. The Kier molecular flexibility index (Phi) is 74500. The molecule has 0 saturated heterocycles. The second kappa shape index (κ2) is 633. The van der Waals surface area contributed by atoms with Crippen molar-refractivity contribution in [2.45, 2.75) is 0 Å². The minimum Gasteiger partial charge on any atom is -0.412 e. The Morgan fingerprint density at radius 1 is 0.375 bits per heavy atom. The first-order valence-electron chi connectivity index (χ1n) is 0. The van der Waals surface area contributed by atoms with Crippen LogP contribution >= 0.6 is 17.0 Å². The van der Waals surface area contributed by atoms with Crippen LogP contribution in [0.5, 0.6) is 0 Å². The summed E-state index contributed by atoms with van der Waals surface area (Å²) in [4.78, 5) is 0. The van der Waals surface area contributed by atoms with E-state index in [2.05, 4.69) is 0 Å². The van der Waals surface area contributed by atoms with Crippen molar-refractivity contribution in [1.29, 1.82) is 0 Å². The van der Waals surface area contributed by atoms with E-state index < -0.39 is 0 Å². The number of halogens is 1. The molecular weight excluding hydrogens is 235 g/mol. The quantitative estimate of drug-likeness (QED) is 0.400. The van der Waals surface area contributed by atoms with Crippen molar-refractivity contribution < 1.29 is 49.6 Å². The second-order valence-electron chi connectivity index (χ2n) is 0. The first-order valence-corrected chi connectivity index (χ1v) is 0. The average Bonchev–Trinajstić information content (AvgIpc) is 0. The molecule has 0 fully saturated rings. The molecule has 0 aromatic heterocycles. The van der Waals surface area contributed by atoms with Gasteiger partial charge in [-0.1, -0.05) is 0 Å². The molecule has 0 rings (SSSR count). The Hall–Kier alpha value is 0.746. The van der Waals surface area contributed by atoms with Gasteiger partial charge >= 0.3 is 0 Å². The van der Waals surface area contributed by atoms with Crippen LogP contribution < -0.4 is 0 Å². The van der Waals surface area contributed by atoms with E-state index in [9.17, 15) is 0 Å². The van der Waals surface area contributed by atoms with Gasteiger partial charge in [-0.3, -0.25) is 0 Å². The van der Waals surface area contributed by atoms with Gasteiger partial charge in [0.25, 0.3) is 0 Å². The van der Waals surface area contributed by atoms with Crippen molar-refractivity contribution in [3.63, 3.8) is 0 Å². The summed E-state index contributed by atoms with van der Waals surface area (Å²) in [5, 5.41) is 0. The maximum atomic E-state index is 0. The van der Waals surface area contributed by atoms with Crippen molar-refractivity contribution >= 4 is 17.0 Å². The topological polar surface area (TPSA) is 189 Å². The predicted molar refractivity (Wildman–Crippen MR) is 32.0 cm³/mol. The van der Waals surface area contributed by atoms with E-state index in [1.165, 1.54) is 0 Å². The normalized spacial score (nSPS) is 0. The van der Waals surface area contributed by atoms with Gasteiger partial charge in [-0.2, -0.15) is 0 Å². The summed E-state index contributed by atoms with van der Waals surface area (Å²) in [6.07, 6.45) is 0. The van der Waals surface area contributed by atoms with Gasteiger partial charge in [0, 0.05) is 16.8 Å². The summed E-state index contributed by atoms with van der Waals surface area (Å²) in [5.74, 6) is 0. The number of hydrogen-bond acceptors (Lipinski definition) is 0. The molecule has 0 aromatic rings. The van der Waals surface area contributed by atoms with E-state index in [1.54, 1.807) is 0 Å². The molecule has 0 aliphatic carbocycles. The third-order valence-corrected chi connectivity index (χ3v) is 0. The van der Waals surface area contributed by atoms with E-state index in [-0.39, 0.29) is 66.6 Å². The van der Waals surface area contributed by atoms with Crippen LogP contribution in [0, 0.1) is 0 Å². The van der Waals surface area contributed by atoms with Crippen LogP contribution in [0.2, 0.25) is 0 Å². The molecule has 0 saturated carbocycles. The first-order chi connectivity index (χ1) is 0. The maximum absolute atomic E-state index is 0. The molecule has 8 heavy (non-hydrogen) atoms.